The first-order chi connectivity index (χ1) is 32.5. The van der Waals surface area contributed by atoms with E-state index < -0.39 is 0 Å². The molecule has 8 aromatic rings. The second-order valence-electron chi connectivity index (χ2n) is 17.6. The quantitative estimate of drug-likeness (QED) is 0.198. The van der Waals surface area contributed by atoms with Crippen molar-refractivity contribution in [3.05, 3.63) is 185 Å². The van der Waals surface area contributed by atoms with Gasteiger partial charge in [-0.25, -0.2) is 9.59 Å². The van der Waals surface area contributed by atoms with E-state index in [-0.39, 0.29) is 28.5 Å². The Bertz CT molecular complexity index is 3230. The Morgan fingerprint density at radius 2 is 0.881 bits per heavy atom. The first-order valence-electron chi connectivity index (χ1n) is 23.0. The molecule has 1 unspecified atom stereocenters. The Labute approximate surface area is 388 Å². The molecule has 4 aromatic heterocycles. The monoisotopic (exact) mass is 902 g/mol. The lowest BCUT2D eigenvalue weighted by Gasteiger charge is -2.34. The average Bonchev–Trinajstić information content (AvgIpc) is 3.94. The lowest BCUT2D eigenvalue weighted by atomic mass is 10.0. The molecule has 2 fully saturated rings. The number of imidazole rings is 2. The molecule has 16 heteroatoms. The molecule has 10 rings (SSSR count). The van der Waals surface area contributed by atoms with E-state index in [2.05, 4.69) is 69.0 Å². The number of hydrogen-bond acceptors (Lipinski definition) is 10. The van der Waals surface area contributed by atoms with Gasteiger partial charge in [-0.05, 0) is 41.5 Å². The fourth-order valence-corrected chi connectivity index (χ4v) is 9.41. The van der Waals surface area contributed by atoms with E-state index in [9.17, 15) is 19.2 Å². The summed E-state index contributed by atoms with van der Waals surface area (Å²) in [6, 6.07) is 41.6. The summed E-state index contributed by atoms with van der Waals surface area (Å²) in [6.45, 7) is 5.80. The zero-order valence-corrected chi connectivity index (χ0v) is 38.6. The van der Waals surface area contributed by atoms with Gasteiger partial charge in [0.1, 0.15) is 0 Å². The summed E-state index contributed by atoms with van der Waals surface area (Å²) in [7, 11) is 6.39. The molecule has 2 aliphatic rings. The Morgan fingerprint density at radius 1 is 0.493 bits per heavy atom. The third kappa shape index (κ3) is 9.40. The Kier molecular flexibility index (Phi) is 13.2. The van der Waals surface area contributed by atoms with Crippen LogP contribution in [0.4, 0.5) is 11.9 Å². The number of rotatable bonds is 11. The molecule has 4 aromatic carbocycles. The lowest BCUT2D eigenvalue weighted by molar-refractivity contribution is 0.428. The van der Waals surface area contributed by atoms with E-state index in [1.54, 1.807) is 14.1 Å². The molecular weight excluding hydrogens is 845 g/mol. The van der Waals surface area contributed by atoms with Gasteiger partial charge in [-0.2, -0.15) is 9.97 Å². The van der Waals surface area contributed by atoms with E-state index in [0.717, 1.165) is 90.7 Å². The summed E-state index contributed by atoms with van der Waals surface area (Å²) in [4.78, 5) is 65.7. The highest BCUT2D eigenvalue weighted by molar-refractivity contribution is 5.76. The summed E-state index contributed by atoms with van der Waals surface area (Å²) < 4.78 is 9.20. The number of piperazine rings is 2. The van der Waals surface area contributed by atoms with E-state index in [1.165, 1.54) is 34.4 Å². The number of aryl methyl sites for hydroxylation is 3. The predicted molar refractivity (Wildman–Crippen MR) is 264 cm³/mol. The van der Waals surface area contributed by atoms with Gasteiger partial charge in [-0.3, -0.25) is 37.0 Å². The van der Waals surface area contributed by atoms with Crippen molar-refractivity contribution in [1.82, 2.24) is 48.0 Å². The zero-order valence-electron chi connectivity index (χ0n) is 38.6. The minimum atomic E-state index is -0.370. The standard InChI is InChI=1S/C26H30N6O2.C25H28N6O2/c1-29-23-22(24(33)30(2)26(29)34)32(17-20-11-7-4-8-12-20)25(28-23)31-16-15-27-21(18-31)14-13-19-9-5-3-6-10-19;1-28-22-21(23(32)29(2)25(28)33)31(16-19-11-7-4-8-12-19)24(27-22)30-14-13-26-20(17-30)15-18-9-5-3-6-10-18/h3-12,21,27H,13-18H2,1-2H3;3-12,20,26H,13-17H2,1-2H3/t;20-/m.1/s1. The second-order valence-corrected chi connectivity index (χ2v) is 17.6. The van der Waals surface area contributed by atoms with Gasteiger partial charge in [0, 0.05) is 79.5 Å². The molecule has 346 valence electrons. The maximum absolute atomic E-state index is 13.2. The maximum atomic E-state index is 13.2. The number of aromatic nitrogens is 8. The lowest BCUT2D eigenvalue weighted by Crippen LogP contribution is -2.52. The van der Waals surface area contributed by atoms with Crippen molar-refractivity contribution in [1.29, 1.82) is 0 Å². The van der Waals surface area contributed by atoms with Crippen LogP contribution in [0.3, 0.4) is 0 Å². The minimum Gasteiger partial charge on any atom is -0.339 e. The number of hydrogen-bond donors (Lipinski definition) is 2. The van der Waals surface area contributed by atoms with Crippen molar-refractivity contribution in [2.75, 3.05) is 49.1 Å². The smallest absolute Gasteiger partial charge is 0.332 e. The molecule has 2 aliphatic heterocycles. The SMILES string of the molecule is Cn1c(=O)c2c(nc(N3CCNC(CCc4ccccc4)C3)n2Cc2ccccc2)n(C)c1=O.Cn1c(=O)c2c(nc(N3CCN[C@H](Cc4ccccc4)C3)n2Cc2ccccc2)n(C)c1=O. The summed E-state index contributed by atoms with van der Waals surface area (Å²) in [5.41, 5.74) is 5.16. The third-order valence-corrected chi connectivity index (χ3v) is 13.0. The molecule has 0 spiro atoms. The van der Waals surface area contributed by atoms with Crippen LogP contribution in [-0.4, -0.2) is 88.7 Å². The molecule has 67 heavy (non-hydrogen) atoms. The Balaban J connectivity index is 0.000000168. The highest BCUT2D eigenvalue weighted by Crippen LogP contribution is 2.25. The van der Waals surface area contributed by atoms with Crippen molar-refractivity contribution in [2.45, 2.75) is 44.4 Å². The normalized spacial score (nSPS) is 16.4. The molecular formula is C51H58N12O4. The molecule has 16 nitrogen and oxygen atoms in total. The fourth-order valence-electron chi connectivity index (χ4n) is 9.41. The second kappa shape index (κ2) is 19.7. The number of fused-ring (bicyclic) bond motifs is 2. The maximum Gasteiger partial charge on any atom is 0.332 e. The van der Waals surface area contributed by atoms with E-state index in [0.29, 0.717) is 41.5 Å². The van der Waals surface area contributed by atoms with Gasteiger partial charge in [-0.15, -0.1) is 0 Å². The minimum absolute atomic E-state index is 0.262. The summed E-state index contributed by atoms with van der Waals surface area (Å²) in [5.74, 6) is 1.47. The van der Waals surface area contributed by atoms with Crippen molar-refractivity contribution in [3.63, 3.8) is 0 Å². The number of nitrogens with one attached hydrogen (secondary N) is 2. The first kappa shape index (κ1) is 44.9. The molecule has 0 radical (unpaired) electrons. The fraction of sp³-hybridized carbons (Fsp3) is 0.333. The van der Waals surface area contributed by atoms with Crippen molar-refractivity contribution in [2.24, 2.45) is 28.2 Å². The van der Waals surface area contributed by atoms with Crippen LogP contribution in [0.25, 0.3) is 22.3 Å². The largest absolute Gasteiger partial charge is 0.339 e. The topological polar surface area (TPSA) is 154 Å². The number of nitrogens with zero attached hydrogens (tertiary/aromatic N) is 10. The average molecular weight is 903 g/mol. The summed E-state index contributed by atoms with van der Waals surface area (Å²) in [6.07, 6.45) is 2.93. The van der Waals surface area contributed by atoms with Crippen LogP contribution in [0, 0.1) is 0 Å². The van der Waals surface area contributed by atoms with Crippen LogP contribution in [0.2, 0.25) is 0 Å². The van der Waals surface area contributed by atoms with Crippen LogP contribution in [0.1, 0.15) is 28.7 Å². The van der Waals surface area contributed by atoms with E-state index in [4.69, 9.17) is 9.97 Å². The van der Waals surface area contributed by atoms with Gasteiger partial charge in [-0.1, -0.05) is 121 Å². The molecule has 6 heterocycles. The zero-order chi connectivity index (χ0) is 46.6. The van der Waals surface area contributed by atoms with Crippen LogP contribution >= 0.6 is 0 Å². The van der Waals surface area contributed by atoms with E-state index >= 15 is 0 Å². The molecule has 0 aliphatic carbocycles. The number of benzene rings is 4. The van der Waals surface area contributed by atoms with Gasteiger partial charge in [0.25, 0.3) is 11.1 Å². The van der Waals surface area contributed by atoms with Gasteiger partial charge >= 0.3 is 11.4 Å². The van der Waals surface area contributed by atoms with Crippen LogP contribution in [-0.2, 0) is 54.1 Å². The third-order valence-electron chi connectivity index (χ3n) is 13.0. The molecule has 0 amide bonds. The molecule has 2 atom stereocenters. The highest BCUT2D eigenvalue weighted by atomic mass is 16.2. The van der Waals surface area contributed by atoms with Crippen molar-refractivity contribution >= 4 is 34.2 Å². The summed E-state index contributed by atoms with van der Waals surface area (Å²) in [5, 5.41) is 7.24. The van der Waals surface area contributed by atoms with Gasteiger partial charge < -0.3 is 20.4 Å². The Morgan fingerprint density at radius 3 is 1.33 bits per heavy atom. The Hall–Kier alpha value is -7.30. The number of anilines is 2. The predicted octanol–water partition coefficient (Wildman–Crippen LogP) is 3.40. The molecule has 2 saturated heterocycles. The summed E-state index contributed by atoms with van der Waals surface area (Å²) >= 11 is 0. The van der Waals surface area contributed by atoms with Crippen LogP contribution in [0.15, 0.2) is 141 Å². The van der Waals surface area contributed by atoms with Crippen LogP contribution < -0.4 is 42.9 Å². The van der Waals surface area contributed by atoms with Crippen molar-refractivity contribution < 1.29 is 0 Å². The molecule has 0 saturated carbocycles. The van der Waals surface area contributed by atoms with Gasteiger partial charge in [0.2, 0.25) is 11.9 Å². The van der Waals surface area contributed by atoms with Gasteiger partial charge in [0.15, 0.2) is 22.3 Å². The van der Waals surface area contributed by atoms with E-state index in [1.807, 2.05) is 81.9 Å². The van der Waals surface area contributed by atoms with Crippen LogP contribution in [0.5, 0.6) is 0 Å². The molecule has 2 N–H and O–H groups in total. The van der Waals surface area contributed by atoms with Gasteiger partial charge in [0.05, 0.1) is 13.1 Å². The van der Waals surface area contributed by atoms with Crippen molar-refractivity contribution in [3.8, 4) is 0 Å². The molecule has 0 bridgehead atoms. The highest BCUT2D eigenvalue weighted by Gasteiger charge is 2.29. The first-order valence-corrected chi connectivity index (χ1v) is 23.0.